The quantitative estimate of drug-likeness (QED) is 0.0654. The lowest BCUT2D eigenvalue weighted by molar-refractivity contribution is 0.0734. The van der Waals surface area contributed by atoms with Gasteiger partial charge in [-0.05, 0) is 78.4 Å². The SMILES string of the molecule is C=COCCCCCCCCOc1ccc(C(=O)Oc2ccc(-c3ccc(S(=O)(=O)C[C@@H](C)CC)cc3)cc2)cc1. The number of carbonyl (C=O) groups excluding carboxylic acids is 1. The fourth-order valence-corrected chi connectivity index (χ4v) is 6.01. The number of rotatable bonds is 18. The van der Waals surface area contributed by atoms with Crippen molar-refractivity contribution in [3.05, 3.63) is 91.2 Å². The Morgan fingerprint density at radius 1 is 0.780 bits per heavy atom. The van der Waals surface area contributed by atoms with E-state index in [2.05, 4.69) is 6.58 Å². The summed E-state index contributed by atoms with van der Waals surface area (Å²) in [7, 11) is -3.30. The second kappa shape index (κ2) is 16.6. The molecule has 1 atom stereocenters. The number of hydrogen-bond acceptors (Lipinski definition) is 6. The van der Waals surface area contributed by atoms with E-state index in [1.807, 2.05) is 26.0 Å². The summed E-state index contributed by atoms with van der Waals surface area (Å²) in [4.78, 5) is 13.0. The molecule has 6 nitrogen and oxygen atoms in total. The molecule has 3 aromatic rings. The van der Waals surface area contributed by atoms with Gasteiger partial charge in [0, 0.05) is 0 Å². The van der Waals surface area contributed by atoms with Crippen LogP contribution in [0.3, 0.4) is 0 Å². The van der Waals surface area contributed by atoms with Gasteiger partial charge in [0.25, 0.3) is 0 Å². The summed E-state index contributed by atoms with van der Waals surface area (Å²) in [5.41, 5.74) is 2.22. The van der Waals surface area contributed by atoms with E-state index >= 15 is 0 Å². The molecule has 0 aliphatic rings. The van der Waals surface area contributed by atoms with E-state index in [0.717, 1.165) is 55.6 Å². The largest absolute Gasteiger partial charge is 0.502 e. The van der Waals surface area contributed by atoms with E-state index in [9.17, 15) is 13.2 Å². The molecule has 7 heteroatoms. The van der Waals surface area contributed by atoms with Crippen LogP contribution in [0, 0.1) is 5.92 Å². The van der Waals surface area contributed by atoms with Crippen molar-refractivity contribution in [1.29, 1.82) is 0 Å². The van der Waals surface area contributed by atoms with Gasteiger partial charge in [-0.1, -0.05) is 76.8 Å². The highest BCUT2D eigenvalue weighted by atomic mass is 32.2. The first-order valence-corrected chi connectivity index (χ1v) is 16.1. The lowest BCUT2D eigenvalue weighted by atomic mass is 10.1. The van der Waals surface area contributed by atoms with Gasteiger partial charge >= 0.3 is 5.97 Å². The van der Waals surface area contributed by atoms with E-state index < -0.39 is 15.8 Å². The predicted octanol–water partition coefficient (Wildman–Crippen LogP) is 8.27. The topological polar surface area (TPSA) is 78.9 Å². The molecule has 0 N–H and O–H groups in total. The van der Waals surface area contributed by atoms with E-state index in [0.29, 0.717) is 22.8 Å². The van der Waals surface area contributed by atoms with E-state index in [1.165, 1.54) is 19.1 Å². The molecule has 0 aromatic heterocycles. The summed E-state index contributed by atoms with van der Waals surface area (Å²) in [5, 5.41) is 0. The maximum atomic E-state index is 12.6. The minimum absolute atomic E-state index is 0.116. The highest BCUT2D eigenvalue weighted by Gasteiger charge is 2.17. The van der Waals surface area contributed by atoms with Gasteiger partial charge in [-0.15, -0.1) is 0 Å². The van der Waals surface area contributed by atoms with Gasteiger partial charge in [0.05, 0.1) is 35.7 Å². The third kappa shape index (κ3) is 10.7. The smallest absolute Gasteiger partial charge is 0.343 e. The number of carbonyl (C=O) groups is 1. The third-order valence-electron chi connectivity index (χ3n) is 6.95. The lowest BCUT2D eigenvalue weighted by Crippen LogP contribution is -2.13. The molecule has 0 aliphatic heterocycles. The maximum Gasteiger partial charge on any atom is 0.343 e. The second-order valence-corrected chi connectivity index (χ2v) is 12.3. The van der Waals surface area contributed by atoms with Crippen LogP contribution in [0.5, 0.6) is 11.5 Å². The average molecular weight is 579 g/mol. The summed E-state index contributed by atoms with van der Waals surface area (Å²) in [5.74, 6) is 0.975. The first kappa shape index (κ1) is 31.9. The molecular weight excluding hydrogens is 536 g/mol. The average Bonchev–Trinajstić information content (AvgIpc) is 2.98. The van der Waals surface area contributed by atoms with Crippen LogP contribution >= 0.6 is 0 Å². The molecule has 220 valence electrons. The van der Waals surface area contributed by atoms with Crippen LogP contribution in [0.25, 0.3) is 11.1 Å². The van der Waals surface area contributed by atoms with Crippen molar-refractivity contribution in [1.82, 2.24) is 0 Å². The summed E-state index contributed by atoms with van der Waals surface area (Å²) in [6, 6.07) is 21.0. The van der Waals surface area contributed by atoms with Crippen LogP contribution < -0.4 is 9.47 Å². The van der Waals surface area contributed by atoms with Crippen molar-refractivity contribution >= 4 is 15.8 Å². The summed E-state index contributed by atoms with van der Waals surface area (Å²) >= 11 is 0. The highest BCUT2D eigenvalue weighted by Crippen LogP contribution is 2.25. The van der Waals surface area contributed by atoms with Crippen molar-refractivity contribution in [2.75, 3.05) is 19.0 Å². The van der Waals surface area contributed by atoms with Crippen LogP contribution in [-0.4, -0.2) is 33.4 Å². The predicted molar refractivity (Wildman–Crippen MR) is 164 cm³/mol. The molecule has 0 spiro atoms. The van der Waals surface area contributed by atoms with Gasteiger partial charge in [-0.25, -0.2) is 13.2 Å². The molecule has 0 amide bonds. The number of esters is 1. The molecule has 0 fully saturated rings. The Hall–Kier alpha value is -3.58. The zero-order chi connectivity index (χ0) is 29.5. The van der Waals surface area contributed by atoms with Crippen LogP contribution in [0.2, 0.25) is 0 Å². The molecule has 0 saturated heterocycles. The zero-order valence-corrected chi connectivity index (χ0v) is 25.0. The standard InChI is InChI=1S/C34H42O6S/c1-4-27(3)26-41(36,37)33-22-16-29(17-23-33)28-12-20-32(21-13-28)40-34(35)30-14-18-31(19-15-30)39-25-11-9-7-6-8-10-24-38-5-2/h5,12-23,27H,2,4,6-11,24-26H2,1,3H3/t27-/m0/s1. The molecule has 0 radical (unpaired) electrons. The first-order chi connectivity index (χ1) is 19.8. The number of sulfone groups is 1. The minimum Gasteiger partial charge on any atom is -0.502 e. The van der Waals surface area contributed by atoms with Crippen LogP contribution in [0.1, 0.15) is 69.2 Å². The molecular formula is C34H42O6S. The fourth-order valence-electron chi connectivity index (χ4n) is 4.28. The normalized spacial score (nSPS) is 12.0. The lowest BCUT2D eigenvalue weighted by Gasteiger charge is -2.10. The van der Waals surface area contributed by atoms with Gasteiger partial charge in [0.1, 0.15) is 11.5 Å². The molecule has 0 heterocycles. The molecule has 3 rings (SSSR count). The molecule has 0 bridgehead atoms. The Morgan fingerprint density at radius 3 is 1.90 bits per heavy atom. The minimum atomic E-state index is -3.30. The van der Waals surface area contributed by atoms with Crippen molar-refractivity contribution in [2.45, 2.75) is 63.7 Å². The van der Waals surface area contributed by atoms with Crippen molar-refractivity contribution < 1.29 is 27.4 Å². The summed E-state index contributed by atoms with van der Waals surface area (Å²) in [6.07, 6.45) is 9.02. The number of benzene rings is 3. The molecule has 0 aliphatic carbocycles. The van der Waals surface area contributed by atoms with E-state index in [1.54, 1.807) is 60.7 Å². The monoisotopic (exact) mass is 578 g/mol. The Kier molecular flexibility index (Phi) is 13.0. The Labute approximate surface area is 245 Å². The summed E-state index contributed by atoms with van der Waals surface area (Å²) < 4.78 is 41.7. The van der Waals surface area contributed by atoms with Gasteiger partial charge < -0.3 is 14.2 Å². The van der Waals surface area contributed by atoms with Gasteiger partial charge in [-0.3, -0.25) is 0 Å². The third-order valence-corrected chi connectivity index (χ3v) is 8.94. The van der Waals surface area contributed by atoms with E-state index in [4.69, 9.17) is 14.2 Å². The highest BCUT2D eigenvalue weighted by molar-refractivity contribution is 7.91. The van der Waals surface area contributed by atoms with Gasteiger partial charge in [0.15, 0.2) is 9.84 Å². The molecule has 3 aromatic carbocycles. The molecule has 0 unspecified atom stereocenters. The fraction of sp³-hybridized carbons (Fsp3) is 0.382. The Morgan fingerprint density at radius 2 is 1.32 bits per heavy atom. The van der Waals surface area contributed by atoms with Crippen molar-refractivity contribution in [2.24, 2.45) is 5.92 Å². The van der Waals surface area contributed by atoms with Crippen LogP contribution in [0.15, 0.2) is 90.5 Å². The molecule has 41 heavy (non-hydrogen) atoms. The van der Waals surface area contributed by atoms with Gasteiger partial charge in [0.2, 0.25) is 0 Å². The zero-order valence-electron chi connectivity index (χ0n) is 24.2. The van der Waals surface area contributed by atoms with Crippen LogP contribution in [-0.2, 0) is 14.6 Å². The second-order valence-electron chi connectivity index (χ2n) is 10.3. The van der Waals surface area contributed by atoms with Gasteiger partial charge in [-0.2, -0.15) is 0 Å². The Balaban J connectivity index is 1.43. The van der Waals surface area contributed by atoms with Crippen molar-refractivity contribution in [3.63, 3.8) is 0 Å². The van der Waals surface area contributed by atoms with Crippen LogP contribution in [0.4, 0.5) is 0 Å². The maximum absolute atomic E-state index is 12.6. The number of unbranched alkanes of at least 4 members (excludes halogenated alkanes) is 5. The van der Waals surface area contributed by atoms with Crippen molar-refractivity contribution in [3.8, 4) is 22.6 Å². The first-order valence-electron chi connectivity index (χ1n) is 14.4. The number of ether oxygens (including phenoxy) is 3. The molecule has 0 saturated carbocycles. The Bertz CT molecular complexity index is 1310. The number of hydrogen-bond donors (Lipinski definition) is 0. The van der Waals surface area contributed by atoms with E-state index in [-0.39, 0.29) is 11.7 Å². The summed E-state index contributed by atoms with van der Waals surface area (Å²) in [6.45, 7) is 8.86.